The van der Waals surface area contributed by atoms with Crippen molar-refractivity contribution in [3.05, 3.63) is 71.8 Å². The Hall–Kier alpha value is -1.64. The van der Waals surface area contributed by atoms with Gasteiger partial charge in [-0.1, -0.05) is 74.0 Å². The monoisotopic (exact) mass is 377 g/mol. The molecule has 0 N–H and O–H groups in total. The summed E-state index contributed by atoms with van der Waals surface area (Å²) >= 11 is 0. The van der Waals surface area contributed by atoms with Crippen LogP contribution < -0.4 is 0 Å². The Bertz CT molecular complexity index is 687. The summed E-state index contributed by atoms with van der Waals surface area (Å²) in [6, 6.07) is 23.2. The van der Waals surface area contributed by atoms with E-state index < -0.39 is 0 Å². The zero-order valence-electron chi connectivity index (χ0n) is 17.3. The average molecular weight is 378 g/mol. The molecule has 28 heavy (non-hydrogen) atoms. The standard InChI is InChI=1S/C26H35NO/c1-2-10-26(22-14-7-4-8-15-22)28-25-19-23-16-17-24(20-25)27(23)18-9-13-21-11-5-3-6-12-21/h3-8,11-12,14-15,23-26H,2,9-10,13,16-20H2,1H3/t23-,24+,25?,26?. The molecule has 2 nitrogen and oxygen atoms in total. The molecule has 2 aromatic carbocycles. The molecule has 2 aliphatic rings. The van der Waals surface area contributed by atoms with Crippen LogP contribution in [0.25, 0.3) is 0 Å². The second kappa shape index (κ2) is 9.71. The molecule has 0 radical (unpaired) electrons. The largest absolute Gasteiger partial charge is 0.370 e. The lowest BCUT2D eigenvalue weighted by molar-refractivity contribution is -0.0655. The molecule has 2 unspecified atom stereocenters. The third-order valence-electron chi connectivity index (χ3n) is 6.64. The maximum absolute atomic E-state index is 6.69. The van der Waals surface area contributed by atoms with Gasteiger partial charge < -0.3 is 4.74 Å². The molecule has 4 rings (SSSR count). The second-order valence-corrected chi connectivity index (χ2v) is 8.63. The number of benzene rings is 2. The van der Waals surface area contributed by atoms with Crippen molar-refractivity contribution < 1.29 is 4.74 Å². The molecule has 2 fully saturated rings. The predicted octanol–water partition coefficient (Wildman–Crippen LogP) is 6.17. The number of hydrogen-bond donors (Lipinski definition) is 0. The van der Waals surface area contributed by atoms with Crippen LogP contribution in [-0.4, -0.2) is 29.6 Å². The lowest BCUT2D eigenvalue weighted by Gasteiger charge is -2.40. The highest BCUT2D eigenvalue weighted by Crippen LogP contribution is 2.39. The van der Waals surface area contributed by atoms with Crippen LogP contribution in [0.4, 0.5) is 0 Å². The number of aryl methyl sites for hydroxylation is 1. The average Bonchev–Trinajstić information content (AvgIpc) is 2.97. The molecular formula is C26H35NO. The Morgan fingerprint density at radius 2 is 1.57 bits per heavy atom. The zero-order valence-corrected chi connectivity index (χ0v) is 17.3. The van der Waals surface area contributed by atoms with E-state index in [-0.39, 0.29) is 6.10 Å². The van der Waals surface area contributed by atoms with Crippen molar-refractivity contribution in [1.82, 2.24) is 4.90 Å². The van der Waals surface area contributed by atoms with Crippen LogP contribution in [0.2, 0.25) is 0 Å². The van der Waals surface area contributed by atoms with Crippen molar-refractivity contribution >= 4 is 0 Å². The number of rotatable bonds is 9. The van der Waals surface area contributed by atoms with Gasteiger partial charge in [0, 0.05) is 12.1 Å². The first-order valence-electron chi connectivity index (χ1n) is 11.3. The van der Waals surface area contributed by atoms with Gasteiger partial charge in [-0.3, -0.25) is 4.90 Å². The third kappa shape index (κ3) is 4.85. The number of piperidine rings is 1. The first-order valence-corrected chi connectivity index (χ1v) is 11.3. The third-order valence-corrected chi connectivity index (χ3v) is 6.64. The Labute approximate surface area is 170 Å². The molecule has 0 aromatic heterocycles. The molecule has 4 atom stereocenters. The molecule has 2 bridgehead atoms. The van der Waals surface area contributed by atoms with Crippen LogP contribution in [0, 0.1) is 0 Å². The van der Waals surface area contributed by atoms with E-state index in [0.717, 1.165) is 18.5 Å². The fraction of sp³-hybridized carbons (Fsp3) is 0.538. The van der Waals surface area contributed by atoms with Crippen LogP contribution in [0.3, 0.4) is 0 Å². The van der Waals surface area contributed by atoms with Crippen molar-refractivity contribution in [3.8, 4) is 0 Å². The molecule has 150 valence electrons. The zero-order chi connectivity index (χ0) is 19.2. The SMILES string of the molecule is CCCC(OC1C[C@H]2CC[C@@H](C1)N2CCCc1ccccc1)c1ccccc1. The minimum Gasteiger partial charge on any atom is -0.370 e. The number of fused-ring (bicyclic) bond motifs is 2. The van der Waals surface area contributed by atoms with E-state index in [1.54, 1.807) is 0 Å². The molecule has 2 aromatic rings. The summed E-state index contributed by atoms with van der Waals surface area (Å²) in [7, 11) is 0. The van der Waals surface area contributed by atoms with Crippen molar-refractivity contribution in [2.24, 2.45) is 0 Å². The van der Waals surface area contributed by atoms with Gasteiger partial charge in [-0.05, 0) is 62.6 Å². The first-order chi connectivity index (χ1) is 13.8. The Balaban J connectivity index is 1.30. The molecule has 0 amide bonds. The quantitative estimate of drug-likeness (QED) is 0.518. The van der Waals surface area contributed by atoms with E-state index >= 15 is 0 Å². The van der Waals surface area contributed by atoms with Crippen LogP contribution in [0.1, 0.15) is 69.1 Å². The summed E-state index contributed by atoms with van der Waals surface area (Å²) < 4.78 is 6.69. The van der Waals surface area contributed by atoms with Crippen LogP contribution >= 0.6 is 0 Å². The van der Waals surface area contributed by atoms with E-state index in [1.807, 2.05) is 0 Å². The Kier molecular flexibility index (Phi) is 6.82. The molecule has 2 heterocycles. The van der Waals surface area contributed by atoms with Crippen molar-refractivity contribution in [2.75, 3.05) is 6.54 Å². The molecule has 2 heteroatoms. The van der Waals surface area contributed by atoms with Gasteiger partial charge >= 0.3 is 0 Å². The van der Waals surface area contributed by atoms with E-state index in [0.29, 0.717) is 6.10 Å². The number of ether oxygens (including phenoxy) is 1. The maximum Gasteiger partial charge on any atom is 0.0828 e. The summed E-state index contributed by atoms with van der Waals surface area (Å²) in [5.41, 5.74) is 2.82. The highest BCUT2D eigenvalue weighted by Gasteiger charge is 2.41. The van der Waals surface area contributed by atoms with Crippen molar-refractivity contribution in [2.45, 2.75) is 82.6 Å². The minimum atomic E-state index is 0.264. The number of hydrogen-bond acceptors (Lipinski definition) is 2. The Morgan fingerprint density at radius 3 is 2.21 bits per heavy atom. The van der Waals surface area contributed by atoms with Crippen LogP contribution in [0.5, 0.6) is 0 Å². The lowest BCUT2D eigenvalue weighted by atomic mass is 9.97. The van der Waals surface area contributed by atoms with Crippen molar-refractivity contribution in [1.29, 1.82) is 0 Å². The highest BCUT2D eigenvalue weighted by atomic mass is 16.5. The Morgan fingerprint density at radius 1 is 0.929 bits per heavy atom. The van der Waals surface area contributed by atoms with E-state index in [4.69, 9.17) is 4.74 Å². The molecule has 0 aliphatic carbocycles. The summed E-state index contributed by atoms with van der Waals surface area (Å²) in [6.45, 7) is 3.51. The summed E-state index contributed by atoms with van der Waals surface area (Å²) in [5.74, 6) is 0. The fourth-order valence-electron chi connectivity index (χ4n) is 5.29. The topological polar surface area (TPSA) is 12.5 Å². The second-order valence-electron chi connectivity index (χ2n) is 8.63. The van der Waals surface area contributed by atoms with E-state index in [2.05, 4.69) is 72.5 Å². The fourth-order valence-corrected chi connectivity index (χ4v) is 5.29. The first kappa shape index (κ1) is 19.7. The highest BCUT2D eigenvalue weighted by molar-refractivity contribution is 5.18. The summed E-state index contributed by atoms with van der Waals surface area (Å²) in [6.07, 6.45) is 10.6. The number of nitrogens with zero attached hydrogens (tertiary/aromatic N) is 1. The molecule has 0 saturated carbocycles. The normalized spacial score (nSPS) is 25.7. The smallest absolute Gasteiger partial charge is 0.0828 e. The van der Waals surface area contributed by atoms with Crippen LogP contribution in [0.15, 0.2) is 60.7 Å². The van der Waals surface area contributed by atoms with E-state index in [1.165, 1.54) is 62.6 Å². The van der Waals surface area contributed by atoms with Gasteiger partial charge in [0.25, 0.3) is 0 Å². The van der Waals surface area contributed by atoms with E-state index in [9.17, 15) is 0 Å². The summed E-state index contributed by atoms with van der Waals surface area (Å²) in [4.78, 5) is 2.81. The molecule has 0 spiro atoms. The van der Waals surface area contributed by atoms with Gasteiger partial charge in [-0.25, -0.2) is 0 Å². The van der Waals surface area contributed by atoms with Crippen LogP contribution in [-0.2, 0) is 11.2 Å². The van der Waals surface area contributed by atoms with Gasteiger partial charge in [0.15, 0.2) is 0 Å². The molecule has 2 saturated heterocycles. The van der Waals surface area contributed by atoms with Gasteiger partial charge in [-0.2, -0.15) is 0 Å². The van der Waals surface area contributed by atoms with Gasteiger partial charge in [0.1, 0.15) is 0 Å². The molecular weight excluding hydrogens is 342 g/mol. The van der Waals surface area contributed by atoms with Crippen molar-refractivity contribution in [3.63, 3.8) is 0 Å². The van der Waals surface area contributed by atoms with Gasteiger partial charge in [-0.15, -0.1) is 0 Å². The van der Waals surface area contributed by atoms with Gasteiger partial charge in [0.2, 0.25) is 0 Å². The molecule has 2 aliphatic heterocycles. The van der Waals surface area contributed by atoms with Gasteiger partial charge in [0.05, 0.1) is 12.2 Å². The summed E-state index contributed by atoms with van der Waals surface area (Å²) in [5, 5.41) is 0. The minimum absolute atomic E-state index is 0.264. The lowest BCUT2D eigenvalue weighted by Crippen LogP contribution is -2.46. The maximum atomic E-state index is 6.69. The predicted molar refractivity (Wildman–Crippen MR) is 116 cm³/mol.